The third kappa shape index (κ3) is 4.86. The third-order valence-corrected chi connectivity index (χ3v) is 3.92. The molecule has 3 aromatic rings. The monoisotopic (exact) mass is 347 g/mol. The van der Waals surface area contributed by atoms with Crippen LogP contribution in [-0.2, 0) is 17.8 Å². The van der Waals surface area contributed by atoms with Gasteiger partial charge in [-0.2, -0.15) is 0 Å². The van der Waals surface area contributed by atoms with Crippen LogP contribution < -0.4 is 14.8 Å². The van der Waals surface area contributed by atoms with E-state index >= 15 is 0 Å². The number of carbonyl (C=O) groups excluding carboxylic acids is 1. The molecule has 0 aromatic heterocycles. The van der Waals surface area contributed by atoms with Crippen LogP contribution in [0.4, 0.5) is 5.69 Å². The van der Waals surface area contributed by atoms with Crippen molar-refractivity contribution < 1.29 is 14.3 Å². The predicted octanol–water partition coefficient (Wildman–Crippen LogP) is 4.46. The van der Waals surface area contributed by atoms with Crippen molar-refractivity contribution in [2.75, 3.05) is 12.4 Å². The van der Waals surface area contributed by atoms with Crippen LogP contribution in [0.25, 0.3) is 0 Å². The number of anilines is 1. The second-order valence-corrected chi connectivity index (χ2v) is 5.84. The van der Waals surface area contributed by atoms with Gasteiger partial charge in [-0.05, 0) is 35.4 Å². The molecule has 132 valence electrons. The quantitative estimate of drug-likeness (QED) is 0.687. The Kier molecular flexibility index (Phi) is 5.88. The van der Waals surface area contributed by atoms with Gasteiger partial charge in [0.1, 0.15) is 18.1 Å². The summed E-state index contributed by atoms with van der Waals surface area (Å²) in [7, 11) is 1.58. The molecular weight excluding hydrogens is 326 g/mol. The van der Waals surface area contributed by atoms with Crippen LogP contribution in [-0.4, -0.2) is 13.0 Å². The van der Waals surface area contributed by atoms with Gasteiger partial charge < -0.3 is 14.8 Å². The van der Waals surface area contributed by atoms with Crippen molar-refractivity contribution in [1.29, 1.82) is 0 Å². The van der Waals surface area contributed by atoms with Crippen molar-refractivity contribution in [2.45, 2.75) is 13.0 Å². The van der Waals surface area contributed by atoms with Gasteiger partial charge in [0.05, 0.1) is 19.2 Å². The van der Waals surface area contributed by atoms with Crippen molar-refractivity contribution >= 4 is 11.6 Å². The highest BCUT2D eigenvalue weighted by atomic mass is 16.5. The molecule has 0 spiro atoms. The zero-order valence-electron chi connectivity index (χ0n) is 14.6. The molecule has 1 N–H and O–H groups in total. The number of amides is 1. The molecule has 0 bridgehead atoms. The maximum atomic E-state index is 12.2. The minimum atomic E-state index is -0.0903. The summed E-state index contributed by atoms with van der Waals surface area (Å²) in [6, 6.07) is 24.9. The van der Waals surface area contributed by atoms with E-state index in [0.717, 1.165) is 16.9 Å². The first-order valence-corrected chi connectivity index (χ1v) is 8.43. The van der Waals surface area contributed by atoms with E-state index in [1.165, 1.54) is 0 Å². The molecule has 26 heavy (non-hydrogen) atoms. The lowest BCUT2D eigenvalue weighted by molar-refractivity contribution is -0.115. The normalized spacial score (nSPS) is 10.2. The molecule has 1 amide bonds. The first-order valence-electron chi connectivity index (χ1n) is 8.43. The Morgan fingerprint density at radius 2 is 1.54 bits per heavy atom. The molecule has 0 aliphatic heterocycles. The van der Waals surface area contributed by atoms with E-state index < -0.39 is 0 Å². The molecule has 3 aromatic carbocycles. The van der Waals surface area contributed by atoms with Crippen molar-refractivity contribution in [3.05, 3.63) is 90.0 Å². The standard InChI is InChI=1S/C22H21NO3/c1-25-21-10-6-5-9-20(21)23-22(24)15-17-11-13-19(14-12-17)26-16-18-7-3-2-4-8-18/h2-14H,15-16H2,1H3,(H,23,24). The minimum absolute atomic E-state index is 0.0903. The summed E-state index contributed by atoms with van der Waals surface area (Å²) in [6.07, 6.45) is 0.289. The van der Waals surface area contributed by atoms with Gasteiger partial charge in [-0.25, -0.2) is 0 Å². The van der Waals surface area contributed by atoms with E-state index in [0.29, 0.717) is 18.0 Å². The fraction of sp³-hybridized carbons (Fsp3) is 0.136. The van der Waals surface area contributed by atoms with Crippen LogP contribution in [0.3, 0.4) is 0 Å². The van der Waals surface area contributed by atoms with E-state index in [-0.39, 0.29) is 12.3 Å². The second kappa shape index (κ2) is 8.72. The summed E-state index contributed by atoms with van der Waals surface area (Å²) < 4.78 is 11.0. The number of hydrogen-bond acceptors (Lipinski definition) is 3. The average Bonchev–Trinajstić information content (AvgIpc) is 2.68. The fourth-order valence-electron chi connectivity index (χ4n) is 2.57. The predicted molar refractivity (Wildman–Crippen MR) is 103 cm³/mol. The lowest BCUT2D eigenvalue weighted by Crippen LogP contribution is -2.14. The third-order valence-electron chi connectivity index (χ3n) is 3.92. The van der Waals surface area contributed by atoms with Crippen molar-refractivity contribution in [1.82, 2.24) is 0 Å². The summed E-state index contributed by atoms with van der Waals surface area (Å²) in [5.41, 5.74) is 2.71. The Morgan fingerprint density at radius 3 is 2.27 bits per heavy atom. The molecule has 3 rings (SSSR count). The molecule has 4 nitrogen and oxygen atoms in total. The SMILES string of the molecule is COc1ccccc1NC(=O)Cc1ccc(OCc2ccccc2)cc1. The number of hydrogen-bond donors (Lipinski definition) is 1. The van der Waals surface area contributed by atoms with Gasteiger partial charge in [0.2, 0.25) is 5.91 Å². The van der Waals surface area contributed by atoms with Crippen molar-refractivity contribution in [3.8, 4) is 11.5 Å². The Morgan fingerprint density at radius 1 is 0.846 bits per heavy atom. The molecule has 4 heteroatoms. The molecular formula is C22H21NO3. The Balaban J connectivity index is 1.54. The number of carbonyl (C=O) groups is 1. The highest BCUT2D eigenvalue weighted by molar-refractivity contribution is 5.93. The first kappa shape index (κ1) is 17.5. The summed E-state index contributed by atoms with van der Waals surface area (Å²) >= 11 is 0. The van der Waals surface area contributed by atoms with Gasteiger partial charge >= 0.3 is 0 Å². The lowest BCUT2D eigenvalue weighted by Gasteiger charge is -2.10. The van der Waals surface area contributed by atoms with Gasteiger partial charge in [0, 0.05) is 0 Å². The molecule has 0 aliphatic carbocycles. The number of rotatable bonds is 7. The van der Waals surface area contributed by atoms with Crippen LogP contribution in [0.1, 0.15) is 11.1 Å². The highest BCUT2D eigenvalue weighted by Gasteiger charge is 2.08. The van der Waals surface area contributed by atoms with Gasteiger partial charge in [-0.3, -0.25) is 4.79 Å². The number of methoxy groups -OCH3 is 1. The zero-order chi connectivity index (χ0) is 18.2. The van der Waals surface area contributed by atoms with E-state index in [2.05, 4.69) is 5.32 Å². The Labute approximate surface area is 153 Å². The maximum absolute atomic E-state index is 12.2. The fourth-order valence-corrected chi connectivity index (χ4v) is 2.57. The van der Waals surface area contributed by atoms with Crippen LogP contribution in [0.2, 0.25) is 0 Å². The van der Waals surface area contributed by atoms with Gasteiger partial charge in [-0.15, -0.1) is 0 Å². The van der Waals surface area contributed by atoms with Crippen molar-refractivity contribution in [2.24, 2.45) is 0 Å². The van der Waals surface area contributed by atoms with E-state index in [4.69, 9.17) is 9.47 Å². The largest absolute Gasteiger partial charge is 0.495 e. The summed E-state index contributed by atoms with van der Waals surface area (Å²) in [4.78, 5) is 12.2. The lowest BCUT2D eigenvalue weighted by atomic mass is 10.1. The van der Waals surface area contributed by atoms with Crippen LogP contribution in [0.5, 0.6) is 11.5 Å². The maximum Gasteiger partial charge on any atom is 0.228 e. The number of ether oxygens (including phenoxy) is 2. The number of para-hydroxylation sites is 2. The number of nitrogens with one attached hydrogen (secondary N) is 1. The highest BCUT2D eigenvalue weighted by Crippen LogP contribution is 2.23. The smallest absolute Gasteiger partial charge is 0.228 e. The summed E-state index contributed by atoms with van der Waals surface area (Å²) in [6.45, 7) is 0.522. The Hall–Kier alpha value is -3.27. The average molecular weight is 347 g/mol. The van der Waals surface area contributed by atoms with E-state index in [9.17, 15) is 4.79 Å². The topological polar surface area (TPSA) is 47.6 Å². The minimum Gasteiger partial charge on any atom is -0.495 e. The molecule has 0 aliphatic rings. The van der Waals surface area contributed by atoms with Gasteiger partial charge in [0.15, 0.2) is 0 Å². The molecule has 0 fully saturated rings. The van der Waals surface area contributed by atoms with Crippen LogP contribution in [0.15, 0.2) is 78.9 Å². The molecule has 0 unspecified atom stereocenters. The van der Waals surface area contributed by atoms with E-state index in [1.54, 1.807) is 7.11 Å². The first-order chi connectivity index (χ1) is 12.7. The molecule has 0 heterocycles. The van der Waals surface area contributed by atoms with Gasteiger partial charge in [-0.1, -0.05) is 54.6 Å². The zero-order valence-corrected chi connectivity index (χ0v) is 14.6. The number of benzene rings is 3. The summed E-state index contributed by atoms with van der Waals surface area (Å²) in [5, 5.41) is 2.88. The molecule has 0 saturated carbocycles. The second-order valence-electron chi connectivity index (χ2n) is 5.84. The van der Waals surface area contributed by atoms with Crippen LogP contribution in [0, 0.1) is 0 Å². The molecule has 0 radical (unpaired) electrons. The van der Waals surface area contributed by atoms with E-state index in [1.807, 2.05) is 78.9 Å². The summed E-state index contributed by atoms with van der Waals surface area (Å²) in [5.74, 6) is 1.33. The molecule has 0 atom stereocenters. The molecule has 0 saturated heterocycles. The van der Waals surface area contributed by atoms with Gasteiger partial charge in [0.25, 0.3) is 0 Å². The Bertz CT molecular complexity index is 845. The van der Waals surface area contributed by atoms with Crippen LogP contribution >= 0.6 is 0 Å². The van der Waals surface area contributed by atoms with Crippen molar-refractivity contribution in [3.63, 3.8) is 0 Å².